The van der Waals surface area contributed by atoms with E-state index < -0.39 is 5.41 Å². The number of anilines is 1. The van der Waals surface area contributed by atoms with Gasteiger partial charge >= 0.3 is 0 Å². The van der Waals surface area contributed by atoms with Crippen molar-refractivity contribution in [3.8, 4) is 17.6 Å². The maximum Gasteiger partial charge on any atom is 0.229 e. The SMILES string of the molecule is CNc1ncc(C#Cc2ccc(OCC3COC3)cn2)c2cc(C3(C(N)=O)CC3)ncc12. The van der Waals surface area contributed by atoms with E-state index in [2.05, 4.69) is 32.1 Å². The molecule has 0 unspecified atom stereocenters. The van der Waals surface area contributed by atoms with Gasteiger partial charge in [-0.15, -0.1) is 0 Å². The molecule has 8 heteroatoms. The predicted octanol–water partition coefficient (Wildman–Crippen LogP) is 2.01. The minimum atomic E-state index is -0.662. The van der Waals surface area contributed by atoms with Crippen LogP contribution in [0.1, 0.15) is 29.8 Å². The second kappa shape index (κ2) is 8.09. The third-order valence-corrected chi connectivity index (χ3v) is 5.98. The Labute approximate surface area is 185 Å². The van der Waals surface area contributed by atoms with E-state index in [1.165, 1.54) is 0 Å². The lowest BCUT2D eigenvalue weighted by Crippen LogP contribution is -2.32. The highest BCUT2D eigenvalue weighted by Crippen LogP contribution is 2.47. The predicted molar refractivity (Wildman–Crippen MR) is 119 cm³/mol. The average Bonchev–Trinajstić information content (AvgIpc) is 3.59. The lowest BCUT2D eigenvalue weighted by molar-refractivity contribution is -0.120. The number of pyridine rings is 3. The number of rotatable bonds is 6. The second-order valence-corrected chi connectivity index (χ2v) is 8.18. The number of carbonyl (C=O) groups excluding carboxylic acids is 1. The summed E-state index contributed by atoms with van der Waals surface area (Å²) >= 11 is 0. The zero-order chi connectivity index (χ0) is 22.1. The maximum absolute atomic E-state index is 12.0. The van der Waals surface area contributed by atoms with Crippen LogP contribution in [0.4, 0.5) is 5.82 Å². The summed E-state index contributed by atoms with van der Waals surface area (Å²) in [4.78, 5) is 25.3. The van der Waals surface area contributed by atoms with Crippen LogP contribution in [0.5, 0.6) is 5.75 Å². The highest BCUT2D eigenvalue weighted by atomic mass is 16.5. The fourth-order valence-electron chi connectivity index (χ4n) is 3.72. The first kappa shape index (κ1) is 20.2. The summed E-state index contributed by atoms with van der Waals surface area (Å²) in [5, 5.41) is 4.78. The van der Waals surface area contributed by atoms with Crippen LogP contribution in [-0.2, 0) is 14.9 Å². The number of nitrogens with two attached hydrogens (primary N) is 1. The van der Waals surface area contributed by atoms with E-state index in [0.717, 1.165) is 42.4 Å². The average molecular weight is 429 g/mol. The van der Waals surface area contributed by atoms with Gasteiger partial charge < -0.3 is 20.5 Å². The number of aromatic nitrogens is 3. The van der Waals surface area contributed by atoms with Crippen LogP contribution >= 0.6 is 0 Å². The van der Waals surface area contributed by atoms with Gasteiger partial charge in [0.25, 0.3) is 0 Å². The molecule has 1 aliphatic carbocycles. The van der Waals surface area contributed by atoms with Gasteiger partial charge in [-0.25, -0.2) is 9.97 Å². The monoisotopic (exact) mass is 429 g/mol. The number of fused-ring (bicyclic) bond motifs is 1. The van der Waals surface area contributed by atoms with Crippen LogP contribution in [0.2, 0.25) is 0 Å². The third kappa shape index (κ3) is 3.72. The molecule has 0 bridgehead atoms. The molecule has 3 aromatic heterocycles. The van der Waals surface area contributed by atoms with Gasteiger partial charge in [0.2, 0.25) is 5.91 Å². The molecular formula is C24H23N5O3. The van der Waals surface area contributed by atoms with Gasteiger partial charge in [0.1, 0.15) is 17.3 Å². The number of carbonyl (C=O) groups is 1. The minimum Gasteiger partial charge on any atom is -0.492 e. The van der Waals surface area contributed by atoms with E-state index >= 15 is 0 Å². The molecule has 1 saturated heterocycles. The Bertz CT molecular complexity index is 1240. The Kier molecular flexibility index (Phi) is 5.11. The fourth-order valence-corrected chi connectivity index (χ4v) is 3.72. The first-order chi connectivity index (χ1) is 15.6. The number of nitrogens with one attached hydrogen (secondary N) is 1. The van der Waals surface area contributed by atoms with Gasteiger partial charge in [0.15, 0.2) is 0 Å². The molecule has 2 aliphatic rings. The maximum atomic E-state index is 12.0. The van der Waals surface area contributed by atoms with Crippen LogP contribution in [-0.4, -0.2) is 47.7 Å². The van der Waals surface area contributed by atoms with Crippen LogP contribution in [0, 0.1) is 17.8 Å². The van der Waals surface area contributed by atoms with E-state index in [9.17, 15) is 4.79 Å². The van der Waals surface area contributed by atoms with Gasteiger partial charge in [-0.3, -0.25) is 9.78 Å². The summed E-state index contributed by atoms with van der Waals surface area (Å²) in [6.45, 7) is 2.14. The molecule has 2 fully saturated rings. The van der Waals surface area contributed by atoms with Crippen molar-refractivity contribution in [2.45, 2.75) is 18.3 Å². The summed E-state index contributed by atoms with van der Waals surface area (Å²) in [5.41, 5.74) is 7.02. The molecule has 1 saturated carbocycles. The van der Waals surface area contributed by atoms with Gasteiger partial charge in [0, 0.05) is 36.1 Å². The number of hydrogen-bond acceptors (Lipinski definition) is 7. The Hall–Kier alpha value is -3.70. The zero-order valence-electron chi connectivity index (χ0n) is 17.7. The van der Waals surface area contributed by atoms with E-state index in [1.807, 2.05) is 18.2 Å². The topological polar surface area (TPSA) is 112 Å². The van der Waals surface area contributed by atoms with Crippen molar-refractivity contribution in [3.63, 3.8) is 0 Å². The first-order valence-corrected chi connectivity index (χ1v) is 10.5. The van der Waals surface area contributed by atoms with Gasteiger partial charge in [-0.05, 0) is 37.0 Å². The molecule has 1 amide bonds. The summed E-state index contributed by atoms with van der Waals surface area (Å²) in [7, 11) is 1.80. The molecule has 1 aliphatic heterocycles. The zero-order valence-corrected chi connectivity index (χ0v) is 17.7. The number of amides is 1. The fraction of sp³-hybridized carbons (Fsp3) is 0.333. The Morgan fingerprint density at radius 3 is 2.66 bits per heavy atom. The molecular weight excluding hydrogens is 406 g/mol. The molecule has 5 rings (SSSR count). The molecule has 162 valence electrons. The largest absolute Gasteiger partial charge is 0.492 e. The highest BCUT2D eigenvalue weighted by Gasteiger charge is 2.51. The van der Waals surface area contributed by atoms with E-state index in [1.54, 1.807) is 25.6 Å². The molecule has 0 spiro atoms. The third-order valence-electron chi connectivity index (χ3n) is 5.98. The summed E-state index contributed by atoms with van der Waals surface area (Å²) in [6.07, 6.45) is 6.56. The second-order valence-electron chi connectivity index (χ2n) is 8.18. The molecule has 3 aromatic rings. The number of ether oxygens (including phenoxy) is 2. The molecule has 0 atom stereocenters. The lowest BCUT2D eigenvalue weighted by atomic mass is 9.98. The van der Waals surface area contributed by atoms with Crippen molar-refractivity contribution in [3.05, 3.63) is 53.7 Å². The van der Waals surface area contributed by atoms with Crippen molar-refractivity contribution in [2.24, 2.45) is 11.7 Å². The van der Waals surface area contributed by atoms with Gasteiger partial charge in [-0.2, -0.15) is 0 Å². The van der Waals surface area contributed by atoms with Crippen molar-refractivity contribution in [2.75, 3.05) is 32.2 Å². The van der Waals surface area contributed by atoms with Gasteiger partial charge in [-0.1, -0.05) is 5.92 Å². The normalized spacial score (nSPS) is 16.5. The van der Waals surface area contributed by atoms with Crippen LogP contribution in [0.15, 0.2) is 36.8 Å². The molecule has 32 heavy (non-hydrogen) atoms. The van der Waals surface area contributed by atoms with E-state index in [4.69, 9.17) is 15.2 Å². The van der Waals surface area contributed by atoms with Crippen molar-refractivity contribution in [1.29, 1.82) is 0 Å². The Balaban J connectivity index is 1.44. The summed E-state index contributed by atoms with van der Waals surface area (Å²) in [5.74, 6) is 7.79. The number of primary amides is 1. The Morgan fingerprint density at radius 1 is 1.19 bits per heavy atom. The quantitative estimate of drug-likeness (QED) is 0.577. The molecule has 3 N–H and O–H groups in total. The Morgan fingerprint density at radius 2 is 2.03 bits per heavy atom. The first-order valence-electron chi connectivity index (χ1n) is 10.5. The van der Waals surface area contributed by atoms with Crippen molar-refractivity contribution >= 4 is 22.5 Å². The number of hydrogen-bond donors (Lipinski definition) is 2. The van der Waals surface area contributed by atoms with Crippen LogP contribution in [0.3, 0.4) is 0 Å². The van der Waals surface area contributed by atoms with E-state index in [0.29, 0.717) is 35.5 Å². The lowest BCUT2D eigenvalue weighted by Gasteiger charge is -2.25. The number of nitrogens with zero attached hydrogens (tertiary/aromatic N) is 3. The van der Waals surface area contributed by atoms with Gasteiger partial charge in [0.05, 0.1) is 42.7 Å². The highest BCUT2D eigenvalue weighted by molar-refractivity contribution is 5.97. The van der Waals surface area contributed by atoms with Crippen molar-refractivity contribution in [1.82, 2.24) is 15.0 Å². The molecule has 8 nitrogen and oxygen atoms in total. The van der Waals surface area contributed by atoms with E-state index in [-0.39, 0.29) is 5.91 Å². The summed E-state index contributed by atoms with van der Waals surface area (Å²) < 4.78 is 10.9. The molecule has 0 radical (unpaired) electrons. The summed E-state index contributed by atoms with van der Waals surface area (Å²) in [6, 6.07) is 5.60. The molecule has 0 aromatic carbocycles. The molecule has 4 heterocycles. The van der Waals surface area contributed by atoms with Crippen molar-refractivity contribution < 1.29 is 14.3 Å². The minimum absolute atomic E-state index is 0.337. The standard InChI is InChI=1S/C24H23N5O3/c1-26-22-20-11-28-21(24(6-7-24)23(25)30)8-19(20)16(9-29-22)2-3-17-4-5-18(10-27-17)32-14-15-12-31-13-15/h4-5,8-11,15H,6-7,12-14H2,1H3,(H2,25,30)(H,26,29). The van der Waals surface area contributed by atoms with Crippen LogP contribution < -0.4 is 15.8 Å². The smallest absolute Gasteiger partial charge is 0.229 e. The van der Waals surface area contributed by atoms with Crippen LogP contribution in [0.25, 0.3) is 10.8 Å².